The molecule has 3 aromatic rings. The zero-order chi connectivity index (χ0) is 21.3. The first-order valence-electron chi connectivity index (χ1n) is 9.14. The van der Waals surface area contributed by atoms with Crippen molar-refractivity contribution < 1.29 is 18.7 Å². The van der Waals surface area contributed by atoms with Crippen LogP contribution >= 0.6 is 27.5 Å². The molecule has 2 heterocycles. The molecule has 1 amide bonds. The monoisotopic (exact) mass is 488 g/mol. The molecule has 0 unspecified atom stereocenters. The second-order valence-corrected chi connectivity index (χ2v) is 7.86. The lowest BCUT2D eigenvalue weighted by Crippen LogP contribution is -2.26. The molecule has 0 aliphatic carbocycles. The van der Waals surface area contributed by atoms with Gasteiger partial charge in [-0.1, -0.05) is 23.7 Å². The van der Waals surface area contributed by atoms with Gasteiger partial charge in [0.25, 0.3) is 0 Å². The molecule has 0 fully saturated rings. The number of furan rings is 1. The Labute approximate surface area is 187 Å². The molecule has 0 bridgehead atoms. The Morgan fingerprint density at radius 1 is 1.13 bits per heavy atom. The van der Waals surface area contributed by atoms with E-state index in [1.165, 1.54) is 5.01 Å². The maximum atomic E-state index is 13.2. The van der Waals surface area contributed by atoms with Crippen molar-refractivity contribution >= 4 is 39.1 Å². The summed E-state index contributed by atoms with van der Waals surface area (Å²) in [5, 5.41) is 6.74. The van der Waals surface area contributed by atoms with E-state index in [4.69, 9.17) is 25.5 Å². The lowest BCUT2D eigenvalue weighted by Gasteiger charge is -2.21. The summed E-state index contributed by atoms with van der Waals surface area (Å²) in [6.45, 7) is 0. The van der Waals surface area contributed by atoms with Gasteiger partial charge in [0.1, 0.15) is 11.5 Å². The van der Waals surface area contributed by atoms with Crippen LogP contribution in [-0.4, -0.2) is 30.8 Å². The molecule has 0 saturated heterocycles. The Hall–Kier alpha value is -2.77. The summed E-state index contributed by atoms with van der Waals surface area (Å²) in [6.07, 6.45) is 0.512. The van der Waals surface area contributed by atoms with Gasteiger partial charge in [0.15, 0.2) is 10.4 Å². The zero-order valence-corrected chi connectivity index (χ0v) is 18.6. The van der Waals surface area contributed by atoms with Gasteiger partial charge >= 0.3 is 5.91 Å². The first-order chi connectivity index (χ1) is 14.5. The van der Waals surface area contributed by atoms with E-state index in [-0.39, 0.29) is 17.7 Å². The zero-order valence-electron chi connectivity index (χ0n) is 16.3. The molecule has 30 heavy (non-hydrogen) atoms. The van der Waals surface area contributed by atoms with Crippen molar-refractivity contribution in [3.63, 3.8) is 0 Å². The minimum atomic E-state index is -0.330. The Kier molecular flexibility index (Phi) is 5.83. The van der Waals surface area contributed by atoms with E-state index in [1.807, 2.05) is 24.3 Å². The van der Waals surface area contributed by atoms with Gasteiger partial charge in [0.2, 0.25) is 0 Å². The molecule has 1 aliphatic rings. The SMILES string of the molecule is COc1ccc(C2=NN(C(=O)c3ccc(Br)o3)[C@H](c3ccc(Cl)cc3)C2)c(OC)c1. The van der Waals surface area contributed by atoms with Crippen molar-refractivity contribution in [2.45, 2.75) is 12.5 Å². The lowest BCUT2D eigenvalue weighted by molar-refractivity contribution is 0.0677. The van der Waals surface area contributed by atoms with Crippen LogP contribution < -0.4 is 9.47 Å². The third kappa shape index (κ3) is 3.95. The first kappa shape index (κ1) is 20.5. The normalized spacial score (nSPS) is 15.8. The van der Waals surface area contributed by atoms with Crippen molar-refractivity contribution in [2.75, 3.05) is 14.2 Å². The number of methoxy groups -OCH3 is 2. The Balaban J connectivity index is 1.75. The van der Waals surface area contributed by atoms with Crippen molar-refractivity contribution in [3.8, 4) is 11.5 Å². The van der Waals surface area contributed by atoms with Crippen molar-refractivity contribution in [2.24, 2.45) is 5.10 Å². The number of amides is 1. The number of ether oxygens (including phenoxy) is 2. The fraction of sp³-hybridized carbons (Fsp3) is 0.182. The fourth-order valence-corrected chi connectivity index (χ4v) is 3.82. The van der Waals surface area contributed by atoms with E-state index in [0.29, 0.717) is 27.6 Å². The molecule has 0 radical (unpaired) electrons. The van der Waals surface area contributed by atoms with Crippen molar-refractivity contribution in [3.05, 3.63) is 81.2 Å². The van der Waals surface area contributed by atoms with E-state index in [9.17, 15) is 4.79 Å². The third-order valence-corrected chi connectivity index (χ3v) is 5.55. The molecule has 2 aromatic carbocycles. The van der Waals surface area contributed by atoms with E-state index in [2.05, 4.69) is 21.0 Å². The van der Waals surface area contributed by atoms with Gasteiger partial charge in [0, 0.05) is 23.1 Å². The Morgan fingerprint density at radius 2 is 1.90 bits per heavy atom. The van der Waals surface area contributed by atoms with Gasteiger partial charge in [-0.2, -0.15) is 5.10 Å². The number of carbonyl (C=O) groups is 1. The molecule has 154 valence electrons. The number of halogens is 2. The van der Waals surface area contributed by atoms with Crippen LogP contribution in [0.15, 0.2) is 68.8 Å². The van der Waals surface area contributed by atoms with Crippen LogP contribution in [0.3, 0.4) is 0 Å². The lowest BCUT2D eigenvalue weighted by atomic mass is 9.97. The van der Waals surface area contributed by atoms with Gasteiger partial charge in [-0.25, -0.2) is 5.01 Å². The van der Waals surface area contributed by atoms with E-state index >= 15 is 0 Å². The summed E-state index contributed by atoms with van der Waals surface area (Å²) in [7, 11) is 3.19. The second-order valence-electron chi connectivity index (χ2n) is 6.64. The fourth-order valence-electron chi connectivity index (χ4n) is 3.38. The Bertz CT molecular complexity index is 1110. The largest absolute Gasteiger partial charge is 0.497 e. The van der Waals surface area contributed by atoms with E-state index < -0.39 is 0 Å². The highest BCUT2D eigenvalue weighted by Crippen LogP contribution is 2.37. The third-order valence-electron chi connectivity index (χ3n) is 4.88. The molecule has 8 heteroatoms. The summed E-state index contributed by atoms with van der Waals surface area (Å²) in [6, 6.07) is 15.9. The molecule has 1 aliphatic heterocycles. The van der Waals surface area contributed by atoms with Gasteiger partial charge in [-0.05, 0) is 57.9 Å². The molecule has 1 aromatic heterocycles. The second kappa shape index (κ2) is 8.53. The van der Waals surface area contributed by atoms with Gasteiger partial charge in [-0.15, -0.1) is 0 Å². The standard InChI is InChI=1S/C22H18BrClN2O4/c1-28-15-7-8-16(20(11-15)29-2)17-12-18(13-3-5-14(24)6-4-13)26(25-17)22(27)19-9-10-21(23)30-19/h3-11,18H,12H2,1-2H3/t18-/m0/s1. The molecule has 0 spiro atoms. The predicted molar refractivity (Wildman–Crippen MR) is 117 cm³/mol. The van der Waals surface area contributed by atoms with Crippen LogP contribution in [0.4, 0.5) is 0 Å². The molecule has 0 saturated carbocycles. The van der Waals surface area contributed by atoms with Crippen LogP contribution in [0.1, 0.15) is 34.1 Å². The highest BCUT2D eigenvalue weighted by molar-refractivity contribution is 9.10. The van der Waals surface area contributed by atoms with Crippen LogP contribution in [-0.2, 0) is 0 Å². The quantitative estimate of drug-likeness (QED) is 0.461. The smallest absolute Gasteiger partial charge is 0.310 e. The topological polar surface area (TPSA) is 64.3 Å². The van der Waals surface area contributed by atoms with Crippen molar-refractivity contribution in [1.82, 2.24) is 5.01 Å². The maximum absolute atomic E-state index is 13.2. The molecule has 4 rings (SSSR count). The summed E-state index contributed by atoms with van der Waals surface area (Å²) in [5.74, 6) is 1.17. The minimum Gasteiger partial charge on any atom is -0.497 e. The van der Waals surface area contributed by atoms with E-state index in [0.717, 1.165) is 16.8 Å². The number of hydrazone groups is 1. The summed E-state index contributed by atoms with van der Waals surface area (Å²) in [4.78, 5) is 13.2. The van der Waals surface area contributed by atoms with Gasteiger partial charge in [-0.3, -0.25) is 4.79 Å². The summed E-state index contributed by atoms with van der Waals surface area (Å²) >= 11 is 9.29. The van der Waals surface area contributed by atoms with Crippen LogP contribution in [0.25, 0.3) is 0 Å². The number of rotatable bonds is 5. The average molecular weight is 490 g/mol. The summed E-state index contributed by atoms with van der Waals surface area (Å²) < 4.78 is 16.8. The molecule has 0 N–H and O–H groups in total. The van der Waals surface area contributed by atoms with Gasteiger partial charge < -0.3 is 13.9 Å². The average Bonchev–Trinajstić information content (AvgIpc) is 3.40. The highest BCUT2D eigenvalue weighted by atomic mass is 79.9. The number of carbonyl (C=O) groups excluding carboxylic acids is 1. The highest BCUT2D eigenvalue weighted by Gasteiger charge is 2.35. The number of hydrogen-bond donors (Lipinski definition) is 0. The number of benzene rings is 2. The molecule has 1 atom stereocenters. The van der Waals surface area contributed by atoms with E-state index in [1.54, 1.807) is 44.6 Å². The number of nitrogens with zero attached hydrogens (tertiary/aromatic N) is 2. The summed E-state index contributed by atoms with van der Waals surface area (Å²) in [5.41, 5.74) is 2.45. The number of hydrogen-bond acceptors (Lipinski definition) is 5. The molecular formula is C22H18BrClN2O4. The maximum Gasteiger partial charge on any atom is 0.310 e. The molecule has 6 nitrogen and oxygen atoms in total. The van der Waals surface area contributed by atoms with Gasteiger partial charge in [0.05, 0.1) is 26.0 Å². The van der Waals surface area contributed by atoms with Crippen LogP contribution in [0, 0.1) is 0 Å². The predicted octanol–water partition coefficient (Wildman–Crippen LogP) is 5.70. The first-order valence-corrected chi connectivity index (χ1v) is 10.3. The Morgan fingerprint density at radius 3 is 2.53 bits per heavy atom. The van der Waals surface area contributed by atoms with Crippen LogP contribution in [0.5, 0.6) is 11.5 Å². The van der Waals surface area contributed by atoms with Crippen molar-refractivity contribution in [1.29, 1.82) is 0 Å². The molecular weight excluding hydrogens is 472 g/mol. The van der Waals surface area contributed by atoms with Crippen LogP contribution in [0.2, 0.25) is 5.02 Å². The minimum absolute atomic E-state index is 0.201.